The van der Waals surface area contributed by atoms with Gasteiger partial charge in [-0.2, -0.15) is 13.8 Å². The second-order valence-corrected chi connectivity index (χ2v) is 6.76. The van der Waals surface area contributed by atoms with E-state index in [4.69, 9.17) is 9.47 Å². The predicted octanol–water partition coefficient (Wildman–Crippen LogP) is 3.36. The number of aromatic nitrogens is 1. The third-order valence-corrected chi connectivity index (χ3v) is 3.75. The summed E-state index contributed by atoms with van der Waals surface area (Å²) < 4.78 is 37.6. The summed E-state index contributed by atoms with van der Waals surface area (Å²) in [5.74, 6) is -2.54. The minimum Gasteiger partial charge on any atom is -0.464 e. The number of hydrogen-bond acceptors (Lipinski definition) is 5. The van der Waals surface area contributed by atoms with E-state index in [2.05, 4.69) is 4.98 Å². The van der Waals surface area contributed by atoms with Crippen LogP contribution in [0, 0.1) is 11.9 Å². The SMILES string of the molecule is CCOC(=O)[C@H]1CC[C@@H](c2ccc(F)nc2F)N1C(=O)OC(C)(C)C. The number of rotatable bonds is 3. The van der Waals surface area contributed by atoms with Crippen LogP contribution in [0.1, 0.15) is 52.1 Å². The molecule has 8 heteroatoms. The summed E-state index contributed by atoms with van der Waals surface area (Å²) in [4.78, 5) is 29.2. The summed E-state index contributed by atoms with van der Waals surface area (Å²) in [6.45, 7) is 6.89. The van der Waals surface area contributed by atoms with Gasteiger partial charge in [-0.1, -0.05) is 0 Å². The number of esters is 1. The molecule has 2 atom stereocenters. The van der Waals surface area contributed by atoms with E-state index in [-0.39, 0.29) is 12.2 Å². The van der Waals surface area contributed by atoms with Crippen molar-refractivity contribution in [3.05, 3.63) is 29.6 Å². The van der Waals surface area contributed by atoms with Crippen LogP contribution in [0.25, 0.3) is 0 Å². The zero-order valence-electron chi connectivity index (χ0n) is 14.7. The van der Waals surface area contributed by atoms with Crippen LogP contribution in [0.5, 0.6) is 0 Å². The van der Waals surface area contributed by atoms with Crippen molar-refractivity contribution in [3.63, 3.8) is 0 Å². The molecule has 0 aliphatic carbocycles. The molecule has 1 aromatic rings. The molecule has 1 fully saturated rings. The second-order valence-electron chi connectivity index (χ2n) is 6.76. The lowest BCUT2D eigenvalue weighted by Gasteiger charge is -2.31. The van der Waals surface area contributed by atoms with Crippen LogP contribution in [-0.2, 0) is 14.3 Å². The number of nitrogens with zero attached hydrogens (tertiary/aromatic N) is 2. The summed E-state index contributed by atoms with van der Waals surface area (Å²) >= 11 is 0. The van der Waals surface area contributed by atoms with Gasteiger partial charge in [0.05, 0.1) is 12.6 Å². The molecule has 2 heterocycles. The molecule has 0 saturated carbocycles. The number of carbonyl (C=O) groups excluding carboxylic acids is 2. The molecular weight excluding hydrogens is 334 g/mol. The molecule has 0 unspecified atom stereocenters. The van der Waals surface area contributed by atoms with Gasteiger partial charge in [0.25, 0.3) is 0 Å². The van der Waals surface area contributed by atoms with Crippen molar-refractivity contribution in [2.24, 2.45) is 0 Å². The normalized spacial score (nSPS) is 20.5. The zero-order valence-corrected chi connectivity index (χ0v) is 14.7. The molecule has 0 radical (unpaired) electrons. The Labute approximate surface area is 145 Å². The summed E-state index contributed by atoms with van der Waals surface area (Å²) in [6.07, 6.45) is -0.149. The largest absolute Gasteiger partial charge is 0.464 e. The number of pyridine rings is 1. The smallest absolute Gasteiger partial charge is 0.411 e. The predicted molar refractivity (Wildman–Crippen MR) is 84.6 cm³/mol. The fourth-order valence-corrected chi connectivity index (χ4v) is 2.83. The van der Waals surface area contributed by atoms with Gasteiger partial charge in [-0.15, -0.1) is 0 Å². The molecule has 1 saturated heterocycles. The van der Waals surface area contributed by atoms with Crippen molar-refractivity contribution in [3.8, 4) is 0 Å². The quantitative estimate of drug-likeness (QED) is 0.614. The molecule has 2 rings (SSSR count). The van der Waals surface area contributed by atoms with Crippen molar-refractivity contribution >= 4 is 12.1 Å². The van der Waals surface area contributed by atoms with E-state index in [9.17, 15) is 18.4 Å². The maximum atomic E-state index is 14.1. The first-order valence-electron chi connectivity index (χ1n) is 8.14. The lowest BCUT2D eigenvalue weighted by atomic mass is 10.1. The van der Waals surface area contributed by atoms with Gasteiger partial charge in [0.1, 0.15) is 11.6 Å². The van der Waals surface area contributed by atoms with Gasteiger partial charge in [0.2, 0.25) is 11.9 Å². The number of ether oxygens (including phenoxy) is 2. The van der Waals surface area contributed by atoms with Gasteiger partial charge in [-0.3, -0.25) is 4.90 Å². The Bertz CT molecular complexity index is 661. The second kappa shape index (κ2) is 7.33. The average Bonchev–Trinajstić information content (AvgIpc) is 2.90. The Hall–Kier alpha value is -2.25. The summed E-state index contributed by atoms with van der Waals surface area (Å²) in [5.41, 5.74) is -0.748. The van der Waals surface area contributed by atoms with Crippen molar-refractivity contribution in [2.45, 2.75) is 58.2 Å². The molecule has 1 aliphatic rings. The van der Waals surface area contributed by atoms with E-state index in [0.29, 0.717) is 12.8 Å². The summed E-state index contributed by atoms with van der Waals surface area (Å²) in [5, 5.41) is 0. The highest BCUT2D eigenvalue weighted by Gasteiger charge is 2.45. The molecule has 1 amide bonds. The van der Waals surface area contributed by atoms with Crippen molar-refractivity contribution < 1.29 is 27.8 Å². The highest BCUT2D eigenvalue weighted by atomic mass is 19.1. The minimum absolute atomic E-state index is 0.0408. The van der Waals surface area contributed by atoms with Crippen LogP contribution in [0.4, 0.5) is 13.6 Å². The van der Waals surface area contributed by atoms with Gasteiger partial charge in [0.15, 0.2) is 0 Å². The Kier molecular flexibility index (Phi) is 5.59. The number of carbonyl (C=O) groups is 2. The number of amides is 1. The van der Waals surface area contributed by atoms with Gasteiger partial charge in [-0.05, 0) is 52.7 Å². The first-order chi connectivity index (χ1) is 11.6. The molecule has 0 N–H and O–H groups in total. The summed E-state index contributed by atoms with van der Waals surface area (Å²) in [7, 11) is 0. The monoisotopic (exact) mass is 356 g/mol. The molecule has 0 aromatic carbocycles. The lowest BCUT2D eigenvalue weighted by Crippen LogP contribution is -2.45. The molecule has 1 aromatic heterocycles. The van der Waals surface area contributed by atoms with Crippen LogP contribution in [-0.4, -0.2) is 40.2 Å². The molecule has 138 valence electrons. The van der Waals surface area contributed by atoms with Crippen LogP contribution in [0.2, 0.25) is 0 Å². The first kappa shape index (κ1) is 19.1. The fraction of sp³-hybridized carbons (Fsp3) is 0.588. The molecule has 0 bridgehead atoms. The highest BCUT2D eigenvalue weighted by molar-refractivity contribution is 5.82. The van der Waals surface area contributed by atoms with E-state index in [1.165, 1.54) is 11.0 Å². The Balaban J connectivity index is 2.37. The van der Waals surface area contributed by atoms with Crippen molar-refractivity contribution in [1.82, 2.24) is 9.88 Å². The maximum absolute atomic E-state index is 14.1. The maximum Gasteiger partial charge on any atom is 0.411 e. The third-order valence-electron chi connectivity index (χ3n) is 3.75. The Morgan fingerprint density at radius 3 is 2.52 bits per heavy atom. The Morgan fingerprint density at radius 2 is 1.96 bits per heavy atom. The van der Waals surface area contributed by atoms with Crippen LogP contribution in [0.3, 0.4) is 0 Å². The van der Waals surface area contributed by atoms with E-state index >= 15 is 0 Å². The van der Waals surface area contributed by atoms with Gasteiger partial charge in [-0.25, -0.2) is 9.59 Å². The van der Waals surface area contributed by atoms with E-state index in [1.807, 2.05) is 0 Å². The number of likely N-dealkylation sites (tertiary alicyclic amines) is 1. The minimum atomic E-state index is -1.01. The molecule has 25 heavy (non-hydrogen) atoms. The fourth-order valence-electron chi connectivity index (χ4n) is 2.83. The standard InChI is InChI=1S/C17H22F2N2O4/c1-5-24-15(22)12-8-7-11(10-6-9-13(18)20-14(10)19)21(12)16(23)25-17(2,3)4/h6,9,11-12H,5,7-8H2,1-4H3/t11-,12+/m0/s1. The zero-order chi connectivity index (χ0) is 18.8. The first-order valence-corrected chi connectivity index (χ1v) is 8.14. The van der Waals surface area contributed by atoms with Crippen molar-refractivity contribution in [2.75, 3.05) is 6.61 Å². The van der Waals surface area contributed by atoms with Gasteiger partial charge >= 0.3 is 12.1 Å². The molecule has 1 aliphatic heterocycles. The van der Waals surface area contributed by atoms with Crippen LogP contribution >= 0.6 is 0 Å². The Morgan fingerprint density at radius 1 is 1.28 bits per heavy atom. The van der Waals surface area contributed by atoms with Crippen LogP contribution < -0.4 is 0 Å². The van der Waals surface area contributed by atoms with Gasteiger partial charge in [0, 0.05) is 5.56 Å². The van der Waals surface area contributed by atoms with Gasteiger partial charge < -0.3 is 9.47 Å². The summed E-state index contributed by atoms with van der Waals surface area (Å²) in [6, 6.07) is 0.581. The van der Waals surface area contributed by atoms with E-state index in [1.54, 1.807) is 27.7 Å². The molecular formula is C17H22F2N2O4. The number of halogens is 2. The van der Waals surface area contributed by atoms with Crippen LogP contribution in [0.15, 0.2) is 12.1 Å². The molecule has 6 nitrogen and oxygen atoms in total. The van der Waals surface area contributed by atoms with E-state index in [0.717, 1.165) is 6.07 Å². The lowest BCUT2D eigenvalue weighted by molar-refractivity contribution is -0.148. The van der Waals surface area contributed by atoms with E-state index < -0.39 is 41.6 Å². The number of hydrogen-bond donors (Lipinski definition) is 0. The van der Waals surface area contributed by atoms with Crippen molar-refractivity contribution in [1.29, 1.82) is 0 Å². The highest BCUT2D eigenvalue weighted by Crippen LogP contribution is 2.38. The molecule has 0 spiro atoms. The third kappa shape index (κ3) is 4.43. The average molecular weight is 356 g/mol. The topological polar surface area (TPSA) is 68.7 Å².